The van der Waals surface area contributed by atoms with Gasteiger partial charge < -0.3 is 4.74 Å². The molecule has 6 heteroatoms. The van der Waals surface area contributed by atoms with Gasteiger partial charge in [0, 0.05) is 5.57 Å². The Hall–Kier alpha value is -1.02. The minimum absolute atomic E-state index is 0.429. The predicted octanol–water partition coefficient (Wildman–Crippen LogP) is 2.87. The van der Waals surface area contributed by atoms with Gasteiger partial charge in [-0.05, 0) is 53.3 Å². The molecule has 1 aromatic rings. The number of nitrogens with one attached hydrogen (secondary N) is 1. The van der Waals surface area contributed by atoms with E-state index in [2.05, 4.69) is 40.5 Å². The molecule has 0 aliphatic rings. The zero-order valence-electron chi connectivity index (χ0n) is 9.86. The monoisotopic (exact) mass is 377 g/mol. The summed E-state index contributed by atoms with van der Waals surface area (Å²) >= 11 is 5.63. The Morgan fingerprint density at radius 2 is 2.11 bits per heavy atom. The number of rotatable bonds is 3. The van der Waals surface area contributed by atoms with Crippen LogP contribution in [0.4, 0.5) is 4.79 Å². The van der Waals surface area contributed by atoms with E-state index in [9.17, 15) is 9.59 Å². The molecule has 0 heterocycles. The van der Waals surface area contributed by atoms with Crippen molar-refractivity contribution < 1.29 is 14.3 Å². The number of thiol groups is 1. The molecule has 4 nitrogen and oxygen atoms in total. The Bertz CT molecular complexity index is 514. The molecule has 0 atom stereocenters. The van der Waals surface area contributed by atoms with E-state index in [0.29, 0.717) is 5.57 Å². The van der Waals surface area contributed by atoms with Crippen LogP contribution in [-0.4, -0.2) is 18.3 Å². The van der Waals surface area contributed by atoms with Crippen molar-refractivity contribution in [2.24, 2.45) is 0 Å². The van der Waals surface area contributed by atoms with Crippen molar-refractivity contribution in [2.45, 2.75) is 6.92 Å². The van der Waals surface area contributed by atoms with Crippen LogP contribution in [0.25, 0.3) is 6.08 Å². The maximum atomic E-state index is 11.5. The lowest BCUT2D eigenvalue weighted by Crippen LogP contribution is -2.26. The van der Waals surface area contributed by atoms with Crippen LogP contribution in [0.1, 0.15) is 12.5 Å². The average Bonchev–Trinajstić information content (AvgIpc) is 2.28. The molecule has 0 saturated carbocycles. The molecule has 0 spiro atoms. The lowest BCUT2D eigenvalue weighted by Gasteiger charge is -2.05. The minimum Gasteiger partial charge on any atom is -0.496 e. The first-order valence-electron chi connectivity index (χ1n) is 5.00. The van der Waals surface area contributed by atoms with E-state index < -0.39 is 11.1 Å². The van der Waals surface area contributed by atoms with Gasteiger partial charge in [-0.25, -0.2) is 0 Å². The Kier molecular flexibility index (Phi) is 5.67. The van der Waals surface area contributed by atoms with Gasteiger partial charge in [-0.1, -0.05) is 18.7 Å². The van der Waals surface area contributed by atoms with Gasteiger partial charge in [-0.15, -0.1) is 0 Å². The highest BCUT2D eigenvalue weighted by Crippen LogP contribution is 2.22. The van der Waals surface area contributed by atoms with Crippen LogP contribution in [0.3, 0.4) is 0 Å². The highest BCUT2D eigenvalue weighted by atomic mass is 127. The third-order valence-corrected chi connectivity index (χ3v) is 3.09. The number of hydrogen-bond acceptors (Lipinski definition) is 3. The zero-order chi connectivity index (χ0) is 13.7. The second kappa shape index (κ2) is 6.79. The number of carbonyl (C=O) groups excluding carboxylic acids is 2. The third kappa shape index (κ3) is 4.34. The van der Waals surface area contributed by atoms with Crippen molar-refractivity contribution in [1.29, 1.82) is 0 Å². The summed E-state index contributed by atoms with van der Waals surface area (Å²) in [4.78, 5) is 22.1. The van der Waals surface area contributed by atoms with Crippen molar-refractivity contribution in [2.75, 3.05) is 7.11 Å². The summed E-state index contributed by atoms with van der Waals surface area (Å²) < 4.78 is 6.09. The number of methoxy groups -OCH3 is 1. The molecular weight excluding hydrogens is 365 g/mol. The first kappa shape index (κ1) is 15.0. The fourth-order valence-corrected chi connectivity index (χ4v) is 2.14. The molecule has 0 unspecified atom stereocenters. The lowest BCUT2D eigenvalue weighted by molar-refractivity contribution is -0.116. The smallest absolute Gasteiger partial charge is 0.282 e. The highest BCUT2D eigenvalue weighted by Gasteiger charge is 2.07. The highest BCUT2D eigenvalue weighted by molar-refractivity contribution is 14.1. The van der Waals surface area contributed by atoms with Crippen LogP contribution in [-0.2, 0) is 4.79 Å². The van der Waals surface area contributed by atoms with Gasteiger partial charge >= 0.3 is 0 Å². The first-order valence-corrected chi connectivity index (χ1v) is 6.52. The van der Waals surface area contributed by atoms with Crippen molar-refractivity contribution in [3.63, 3.8) is 0 Å². The molecule has 0 fully saturated rings. The Labute approximate surface area is 124 Å². The van der Waals surface area contributed by atoms with E-state index in [1.807, 2.05) is 18.2 Å². The van der Waals surface area contributed by atoms with Crippen LogP contribution in [0.5, 0.6) is 5.75 Å². The Balaban J connectivity index is 2.92. The van der Waals surface area contributed by atoms with Crippen molar-refractivity contribution in [1.82, 2.24) is 5.32 Å². The summed E-state index contributed by atoms with van der Waals surface area (Å²) in [5.74, 6) is 0.321. The van der Waals surface area contributed by atoms with Crippen LogP contribution in [0.2, 0.25) is 0 Å². The Morgan fingerprint density at radius 1 is 1.44 bits per heavy atom. The average molecular weight is 377 g/mol. The Morgan fingerprint density at radius 3 is 2.61 bits per heavy atom. The van der Waals surface area contributed by atoms with Crippen LogP contribution < -0.4 is 10.1 Å². The van der Waals surface area contributed by atoms with E-state index in [1.165, 1.54) is 0 Å². The number of ether oxygens (including phenoxy) is 1. The molecule has 0 bridgehead atoms. The summed E-state index contributed by atoms with van der Waals surface area (Å²) in [7, 11) is 1.60. The molecule has 0 aromatic heterocycles. The summed E-state index contributed by atoms with van der Waals surface area (Å²) in [5.41, 5.74) is 1.29. The predicted molar refractivity (Wildman–Crippen MR) is 81.9 cm³/mol. The molecule has 1 rings (SSSR count). The number of imide groups is 1. The van der Waals surface area contributed by atoms with Gasteiger partial charge in [-0.2, -0.15) is 0 Å². The van der Waals surface area contributed by atoms with Crippen LogP contribution in [0.15, 0.2) is 23.8 Å². The second-order valence-corrected chi connectivity index (χ2v) is 5.05. The molecule has 2 amide bonds. The fraction of sp³-hybridized carbons (Fsp3) is 0.167. The number of halogens is 1. The van der Waals surface area contributed by atoms with Gasteiger partial charge in [0.25, 0.3) is 11.1 Å². The van der Waals surface area contributed by atoms with E-state index in [1.54, 1.807) is 20.1 Å². The lowest BCUT2D eigenvalue weighted by atomic mass is 10.1. The molecule has 1 aromatic carbocycles. The SMILES string of the molecule is COc1ccc(/C=C(\C)C(=O)NC(=O)S)cc1I. The summed E-state index contributed by atoms with van der Waals surface area (Å²) in [5, 5.41) is 1.42. The summed E-state index contributed by atoms with van der Waals surface area (Å²) in [6.45, 7) is 1.63. The molecule has 0 aliphatic heterocycles. The van der Waals surface area contributed by atoms with Gasteiger partial charge in [0.05, 0.1) is 10.7 Å². The number of amides is 2. The maximum absolute atomic E-state index is 11.5. The van der Waals surface area contributed by atoms with Crippen molar-refractivity contribution in [3.05, 3.63) is 32.9 Å². The van der Waals surface area contributed by atoms with Crippen LogP contribution >= 0.6 is 35.2 Å². The van der Waals surface area contributed by atoms with Crippen LogP contribution in [0, 0.1) is 3.57 Å². The normalized spacial score (nSPS) is 11.0. The summed E-state index contributed by atoms with van der Waals surface area (Å²) in [6.07, 6.45) is 1.69. The molecular formula is C12H12INO3S. The number of hydrogen-bond donors (Lipinski definition) is 2. The van der Waals surface area contributed by atoms with Gasteiger partial charge in [-0.3, -0.25) is 14.9 Å². The third-order valence-electron chi connectivity index (χ3n) is 2.14. The fourth-order valence-electron chi connectivity index (χ4n) is 1.28. The molecule has 96 valence electrons. The standard InChI is InChI=1S/C12H12INO3S/c1-7(11(15)14-12(16)18)5-8-3-4-10(17-2)9(13)6-8/h3-6H,1-2H3,(H2,14,15,16,18)/b7-5+. The number of carbonyl (C=O) groups is 2. The second-order valence-electron chi connectivity index (χ2n) is 3.48. The van der Waals surface area contributed by atoms with E-state index in [0.717, 1.165) is 14.9 Å². The molecule has 0 aliphatic carbocycles. The largest absolute Gasteiger partial charge is 0.496 e. The molecule has 18 heavy (non-hydrogen) atoms. The minimum atomic E-state index is -0.669. The van der Waals surface area contributed by atoms with E-state index in [-0.39, 0.29) is 0 Å². The molecule has 0 saturated heterocycles. The van der Waals surface area contributed by atoms with Gasteiger partial charge in [0.2, 0.25) is 0 Å². The first-order chi connectivity index (χ1) is 8.43. The van der Waals surface area contributed by atoms with Gasteiger partial charge in [0.1, 0.15) is 5.75 Å². The quantitative estimate of drug-likeness (QED) is 0.484. The molecule has 0 radical (unpaired) electrons. The van der Waals surface area contributed by atoms with Crippen molar-refractivity contribution >= 4 is 52.4 Å². The zero-order valence-corrected chi connectivity index (χ0v) is 12.9. The van der Waals surface area contributed by atoms with Gasteiger partial charge in [0.15, 0.2) is 0 Å². The van der Waals surface area contributed by atoms with E-state index >= 15 is 0 Å². The number of benzene rings is 1. The summed E-state index contributed by atoms with van der Waals surface area (Å²) in [6, 6.07) is 5.54. The molecule has 1 N–H and O–H groups in total. The van der Waals surface area contributed by atoms with Crippen molar-refractivity contribution in [3.8, 4) is 5.75 Å². The topological polar surface area (TPSA) is 55.4 Å². The van der Waals surface area contributed by atoms with E-state index in [4.69, 9.17) is 4.74 Å². The maximum Gasteiger partial charge on any atom is 0.282 e.